The Morgan fingerprint density at radius 2 is 1.04 bits per heavy atom. The Morgan fingerprint density at radius 3 is 1.38 bits per heavy atom. The third-order valence-corrected chi connectivity index (χ3v) is 14.6. The first kappa shape index (κ1) is 33.3. The van der Waals surface area contributed by atoms with Gasteiger partial charge in [0, 0.05) is 10.8 Å². The molecule has 2 aromatic carbocycles. The summed E-state index contributed by atoms with van der Waals surface area (Å²) in [6.07, 6.45) is 11.1. The second-order valence-corrected chi connectivity index (χ2v) is 17.7. The molecule has 2 fully saturated rings. The van der Waals surface area contributed by atoms with Crippen LogP contribution in [0.1, 0.15) is 163 Å². The van der Waals surface area contributed by atoms with E-state index >= 15 is 0 Å². The van der Waals surface area contributed by atoms with E-state index < -0.39 is 10.8 Å². The van der Waals surface area contributed by atoms with E-state index in [0.717, 1.165) is 70.6 Å². The highest BCUT2D eigenvalue weighted by Gasteiger charge is 2.56. The molecule has 0 bridgehead atoms. The molecular formula is C41H54Cl2O2. The molecular weight excluding hydrogens is 595 g/mol. The molecule has 0 radical (unpaired) electrons. The van der Waals surface area contributed by atoms with Crippen LogP contribution in [-0.2, 0) is 39.7 Å². The Hall–Kier alpha value is -1.64. The van der Waals surface area contributed by atoms with Crippen molar-refractivity contribution in [2.45, 2.75) is 149 Å². The van der Waals surface area contributed by atoms with E-state index in [9.17, 15) is 9.59 Å². The van der Waals surface area contributed by atoms with E-state index in [4.69, 9.17) is 23.2 Å². The lowest BCUT2D eigenvalue weighted by Crippen LogP contribution is -2.51. The highest BCUT2D eigenvalue weighted by atomic mass is 35.5. The summed E-state index contributed by atoms with van der Waals surface area (Å²) in [5.74, 6) is 1.39. The highest BCUT2D eigenvalue weighted by Crippen LogP contribution is 2.60. The summed E-state index contributed by atoms with van der Waals surface area (Å²) in [5.41, 5.74) is 10.6. The van der Waals surface area contributed by atoms with Crippen LogP contribution >= 0.6 is 23.2 Å². The van der Waals surface area contributed by atoms with Crippen LogP contribution in [0.15, 0.2) is 24.3 Å². The number of benzene rings is 2. The van der Waals surface area contributed by atoms with Gasteiger partial charge in [0.15, 0.2) is 0 Å². The Bertz CT molecular complexity index is 1420. The SMILES string of the molecule is CC(C)c1cc2c(cc1Cc1cc3c(cc1C(C)C)CCC1C3(C)CCC[C@]1(C)C(=O)Cl)C1(C)CCCC(C)(C(=O)Cl)C1CC2. The maximum atomic E-state index is 12.8. The monoisotopic (exact) mass is 648 g/mol. The van der Waals surface area contributed by atoms with Crippen molar-refractivity contribution in [2.24, 2.45) is 22.7 Å². The fourth-order valence-corrected chi connectivity index (χ4v) is 11.7. The predicted octanol–water partition coefficient (Wildman–Crippen LogP) is 11.1. The van der Waals surface area contributed by atoms with E-state index in [1.807, 2.05) is 0 Å². The van der Waals surface area contributed by atoms with Gasteiger partial charge in [-0.3, -0.25) is 9.59 Å². The Morgan fingerprint density at radius 1 is 0.667 bits per heavy atom. The maximum absolute atomic E-state index is 12.8. The van der Waals surface area contributed by atoms with Crippen molar-refractivity contribution in [3.05, 3.63) is 68.8 Å². The maximum Gasteiger partial charge on any atom is 0.227 e. The minimum atomic E-state index is -0.461. The van der Waals surface area contributed by atoms with Crippen LogP contribution in [0.5, 0.6) is 0 Å². The van der Waals surface area contributed by atoms with Gasteiger partial charge in [-0.1, -0.05) is 92.5 Å². The van der Waals surface area contributed by atoms with E-state index in [-0.39, 0.29) is 33.2 Å². The van der Waals surface area contributed by atoms with Gasteiger partial charge in [0.2, 0.25) is 10.5 Å². The molecule has 0 saturated heterocycles. The number of aryl methyl sites for hydroxylation is 2. The first-order valence-electron chi connectivity index (χ1n) is 17.8. The van der Waals surface area contributed by atoms with Gasteiger partial charge in [-0.2, -0.15) is 0 Å². The van der Waals surface area contributed by atoms with Crippen LogP contribution < -0.4 is 0 Å². The Labute approximate surface area is 282 Å². The molecule has 0 aromatic heterocycles. The van der Waals surface area contributed by atoms with E-state index in [0.29, 0.717) is 11.8 Å². The number of carbonyl (C=O) groups is 2. The largest absolute Gasteiger partial charge is 0.281 e. The van der Waals surface area contributed by atoms with Crippen molar-refractivity contribution in [3.8, 4) is 0 Å². The second-order valence-electron chi connectivity index (χ2n) is 17.0. The van der Waals surface area contributed by atoms with Gasteiger partial charge < -0.3 is 0 Å². The molecule has 4 aliphatic rings. The molecule has 2 aromatic rings. The van der Waals surface area contributed by atoms with Gasteiger partial charge in [-0.15, -0.1) is 0 Å². The van der Waals surface area contributed by atoms with Crippen LogP contribution in [0.4, 0.5) is 0 Å². The molecule has 2 saturated carbocycles. The van der Waals surface area contributed by atoms with Gasteiger partial charge in [0.05, 0.1) is 0 Å². The molecule has 4 aliphatic carbocycles. The van der Waals surface area contributed by atoms with E-state index in [1.54, 1.807) is 0 Å². The molecule has 0 heterocycles. The third kappa shape index (κ3) is 5.10. The topological polar surface area (TPSA) is 34.1 Å². The first-order chi connectivity index (χ1) is 21.1. The van der Waals surface area contributed by atoms with Crippen molar-refractivity contribution < 1.29 is 9.59 Å². The third-order valence-electron chi connectivity index (χ3n) is 13.7. The molecule has 0 aliphatic heterocycles. The molecule has 0 N–H and O–H groups in total. The number of hydrogen-bond donors (Lipinski definition) is 0. The average molecular weight is 650 g/mol. The first-order valence-corrected chi connectivity index (χ1v) is 18.5. The highest BCUT2D eigenvalue weighted by molar-refractivity contribution is 6.65. The van der Waals surface area contributed by atoms with Crippen LogP contribution in [-0.4, -0.2) is 10.5 Å². The lowest BCUT2D eigenvalue weighted by Gasteiger charge is -2.54. The van der Waals surface area contributed by atoms with Crippen molar-refractivity contribution in [2.75, 3.05) is 0 Å². The minimum absolute atomic E-state index is 0.0481. The van der Waals surface area contributed by atoms with Crippen LogP contribution in [0.2, 0.25) is 0 Å². The molecule has 4 heteroatoms. The fraction of sp³-hybridized carbons (Fsp3) is 0.659. The molecule has 6 rings (SSSR count). The summed E-state index contributed by atoms with van der Waals surface area (Å²) in [5, 5.41) is -0.309. The molecule has 244 valence electrons. The quantitative estimate of drug-likeness (QED) is 0.292. The Balaban J connectivity index is 1.48. The minimum Gasteiger partial charge on any atom is -0.281 e. The zero-order valence-corrected chi connectivity index (χ0v) is 30.5. The van der Waals surface area contributed by atoms with Gasteiger partial charge in [0.25, 0.3) is 0 Å². The number of carbonyl (C=O) groups excluding carboxylic acids is 2. The predicted molar refractivity (Wildman–Crippen MR) is 188 cm³/mol. The standard InChI is InChI=1S/C41H54Cl2O2/c1-24(2)30-20-26-11-13-34-38(5,15-9-17-40(34,7)36(42)44)32(26)22-28(30)19-29-23-33-27(21-31(29)25(3)4)12-14-35-39(33,6)16-10-18-41(35,8)37(43)45/h20-25,34-35H,9-19H2,1-8H3/t34?,35?,38?,39?,40-,41?/m0/s1. The van der Waals surface area contributed by atoms with Crippen molar-refractivity contribution >= 4 is 33.7 Å². The number of hydrogen-bond acceptors (Lipinski definition) is 2. The van der Waals surface area contributed by atoms with E-state index in [1.165, 1.54) is 44.5 Å². The van der Waals surface area contributed by atoms with Crippen LogP contribution in [0.25, 0.3) is 0 Å². The Kier molecular flexibility index (Phi) is 8.51. The van der Waals surface area contributed by atoms with Gasteiger partial charge >= 0.3 is 0 Å². The lowest BCUT2D eigenvalue weighted by atomic mass is 9.49. The summed E-state index contributed by atoms with van der Waals surface area (Å²) in [6.45, 7) is 18.4. The summed E-state index contributed by atoms with van der Waals surface area (Å²) < 4.78 is 0. The zero-order valence-electron chi connectivity index (χ0n) is 29.0. The second kappa shape index (κ2) is 11.5. The van der Waals surface area contributed by atoms with Crippen LogP contribution in [0, 0.1) is 22.7 Å². The molecule has 2 nitrogen and oxygen atoms in total. The number of rotatable bonds is 6. The van der Waals surface area contributed by atoms with Gasteiger partial charge in [0.1, 0.15) is 0 Å². The lowest BCUT2D eigenvalue weighted by molar-refractivity contribution is -0.128. The smallest absolute Gasteiger partial charge is 0.227 e. The number of fused-ring (bicyclic) bond motifs is 6. The van der Waals surface area contributed by atoms with Gasteiger partial charge in [-0.25, -0.2) is 0 Å². The fourth-order valence-electron chi connectivity index (χ4n) is 11.2. The van der Waals surface area contributed by atoms with Crippen molar-refractivity contribution in [1.82, 2.24) is 0 Å². The van der Waals surface area contributed by atoms with Crippen LogP contribution in [0.3, 0.4) is 0 Å². The average Bonchev–Trinajstić information content (AvgIpc) is 2.96. The molecule has 0 amide bonds. The summed E-state index contributed by atoms with van der Waals surface area (Å²) in [7, 11) is 0. The normalized spacial score (nSPS) is 34.1. The summed E-state index contributed by atoms with van der Waals surface area (Å²) in [4.78, 5) is 25.7. The molecule has 5 unspecified atom stereocenters. The van der Waals surface area contributed by atoms with E-state index in [2.05, 4.69) is 79.7 Å². The number of halogens is 2. The summed E-state index contributed by atoms with van der Waals surface area (Å²) in [6, 6.07) is 10.2. The van der Waals surface area contributed by atoms with Crippen molar-refractivity contribution in [1.29, 1.82) is 0 Å². The molecule has 6 atom stereocenters. The molecule has 45 heavy (non-hydrogen) atoms. The van der Waals surface area contributed by atoms with Crippen molar-refractivity contribution in [3.63, 3.8) is 0 Å². The zero-order chi connectivity index (χ0) is 32.7. The molecule has 0 spiro atoms. The van der Waals surface area contributed by atoms with Gasteiger partial charge in [-0.05, 0) is 160 Å². The summed E-state index contributed by atoms with van der Waals surface area (Å²) >= 11 is 12.7.